The van der Waals surface area contributed by atoms with Crippen molar-refractivity contribution in [3.05, 3.63) is 40.7 Å². The van der Waals surface area contributed by atoms with Gasteiger partial charge in [0.25, 0.3) is 0 Å². The molecule has 2 aromatic heterocycles. The van der Waals surface area contributed by atoms with Gasteiger partial charge in [-0.1, -0.05) is 26.0 Å². The lowest BCUT2D eigenvalue weighted by molar-refractivity contribution is 0.574. The Kier molecular flexibility index (Phi) is 5.95. The van der Waals surface area contributed by atoms with Gasteiger partial charge in [-0.15, -0.1) is 11.3 Å². The average molecular weight is 317 g/mol. The maximum Gasteiger partial charge on any atom is 0.206 e. The first-order valence-electron chi connectivity index (χ1n) is 7.59. The minimum Gasteiger partial charge on any atom is -0.463 e. The van der Waals surface area contributed by atoms with Crippen LogP contribution in [0, 0.1) is 5.92 Å². The van der Waals surface area contributed by atoms with Crippen molar-refractivity contribution in [3.8, 4) is 11.5 Å². The van der Waals surface area contributed by atoms with E-state index >= 15 is 0 Å². The van der Waals surface area contributed by atoms with E-state index in [2.05, 4.69) is 30.5 Å². The van der Waals surface area contributed by atoms with E-state index in [1.807, 2.05) is 35.3 Å². The zero-order valence-corrected chi connectivity index (χ0v) is 14.3. The van der Waals surface area contributed by atoms with E-state index in [1.165, 1.54) is 0 Å². The fourth-order valence-corrected chi connectivity index (χ4v) is 2.79. The second-order valence-electron chi connectivity index (χ2n) is 5.31. The number of hydrogen-bond donors (Lipinski definition) is 0. The van der Waals surface area contributed by atoms with Crippen molar-refractivity contribution < 1.29 is 4.42 Å². The van der Waals surface area contributed by atoms with Gasteiger partial charge in [0.05, 0.1) is 12.8 Å². The van der Waals surface area contributed by atoms with Crippen LogP contribution < -0.4 is 4.80 Å². The molecule has 0 amide bonds. The predicted molar refractivity (Wildman–Crippen MR) is 93.2 cm³/mol. The van der Waals surface area contributed by atoms with Gasteiger partial charge in [0.1, 0.15) is 5.69 Å². The molecule has 0 spiro atoms. The molecule has 2 aromatic rings. The van der Waals surface area contributed by atoms with Gasteiger partial charge in [-0.05, 0) is 37.8 Å². The lowest BCUT2D eigenvalue weighted by Crippen LogP contribution is -2.14. The first-order chi connectivity index (χ1) is 10.7. The summed E-state index contributed by atoms with van der Waals surface area (Å²) in [5.41, 5.74) is 1.96. The maximum absolute atomic E-state index is 5.51. The fourth-order valence-electron chi connectivity index (χ4n) is 1.98. The Morgan fingerprint density at radius 3 is 2.82 bits per heavy atom. The van der Waals surface area contributed by atoms with Crippen LogP contribution >= 0.6 is 11.3 Å². The Morgan fingerprint density at radius 2 is 2.23 bits per heavy atom. The normalized spacial score (nSPS) is 12.6. The van der Waals surface area contributed by atoms with Crippen molar-refractivity contribution in [2.24, 2.45) is 16.0 Å². The van der Waals surface area contributed by atoms with Crippen LogP contribution in [0.1, 0.15) is 33.6 Å². The van der Waals surface area contributed by atoms with Crippen molar-refractivity contribution in [1.82, 2.24) is 4.68 Å². The smallest absolute Gasteiger partial charge is 0.206 e. The molecule has 0 unspecified atom stereocenters. The summed E-state index contributed by atoms with van der Waals surface area (Å²) >= 11 is 1.56. The molecular formula is C17H23N3OS. The van der Waals surface area contributed by atoms with Crippen molar-refractivity contribution in [3.63, 3.8) is 0 Å². The number of hydrogen-bond acceptors (Lipinski definition) is 4. The molecule has 0 aliphatic carbocycles. The van der Waals surface area contributed by atoms with Crippen LogP contribution in [0.5, 0.6) is 0 Å². The highest BCUT2D eigenvalue weighted by molar-refractivity contribution is 7.07. The summed E-state index contributed by atoms with van der Waals surface area (Å²) in [4.78, 5) is 5.45. The third-order valence-corrected chi connectivity index (χ3v) is 4.24. The Morgan fingerprint density at radius 1 is 1.45 bits per heavy atom. The molecule has 0 fully saturated rings. The Balaban J connectivity index is 2.44. The van der Waals surface area contributed by atoms with Crippen LogP contribution in [0.2, 0.25) is 0 Å². The number of rotatable bonds is 7. The van der Waals surface area contributed by atoms with Gasteiger partial charge in [-0.25, -0.2) is 4.68 Å². The van der Waals surface area contributed by atoms with Crippen LogP contribution in [0.15, 0.2) is 50.4 Å². The number of thiazole rings is 1. The van der Waals surface area contributed by atoms with Crippen LogP contribution in [0.3, 0.4) is 0 Å². The highest BCUT2D eigenvalue weighted by Gasteiger charge is 2.10. The first kappa shape index (κ1) is 16.5. The van der Waals surface area contributed by atoms with Gasteiger partial charge in [-0.2, -0.15) is 5.10 Å². The summed E-state index contributed by atoms with van der Waals surface area (Å²) in [5, 5.41) is 6.69. The van der Waals surface area contributed by atoms with Crippen molar-refractivity contribution in [2.45, 2.75) is 33.6 Å². The topological polar surface area (TPSA) is 42.8 Å². The summed E-state index contributed by atoms with van der Waals surface area (Å²) < 4.78 is 7.38. The molecule has 0 N–H and O–H groups in total. The molecule has 2 heterocycles. The largest absolute Gasteiger partial charge is 0.463 e. The number of aromatic nitrogens is 1. The van der Waals surface area contributed by atoms with Crippen LogP contribution in [-0.2, 0) is 0 Å². The molecule has 5 heteroatoms. The van der Waals surface area contributed by atoms with Crippen LogP contribution in [-0.4, -0.2) is 17.4 Å². The predicted octanol–water partition coefficient (Wildman–Crippen LogP) is 4.56. The summed E-state index contributed by atoms with van der Waals surface area (Å²) in [6, 6.07) is 3.82. The molecule has 118 valence electrons. The molecule has 0 saturated carbocycles. The quantitative estimate of drug-likeness (QED) is 0.545. The Labute approximate surface area is 135 Å². The number of nitrogens with zero attached hydrogens (tertiary/aromatic N) is 3. The minimum absolute atomic E-state index is 0.478. The average Bonchev–Trinajstić information content (AvgIpc) is 3.15. The van der Waals surface area contributed by atoms with Crippen molar-refractivity contribution in [2.75, 3.05) is 6.54 Å². The summed E-state index contributed by atoms with van der Waals surface area (Å²) in [6.07, 6.45) is 5.85. The highest BCUT2D eigenvalue weighted by Crippen LogP contribution is 2.20. The van der Waals surface area contributed by atoms with Gasteiger partial charge in [0, 0.05) is 11.6 Å². The van der Waals surface area contributed by atoms with Gasteiger partial charge in [0.2, 0.25) is 4.80 Å². The second-order valence-corrected chi connectivity index (χ2v) is 6.14. The Bertz CT molecular complexity index is 688. The summed E-state index contributed by atoms with van der Waals surface area (Å²) in [7, 11) is 0. The molecular weight excluding hydrogens is 294 g/mol. The first-order valence-corrected chi connectivity index (χ1v) is 8.47. The van der Waals surface area contributed by atoms with E-state index in [9.17, 15) is 0 Å². The van der Waals surface area contributed by atoms with E-state index < -0.39 is 0 Å². The molecule has 2 rings (SSSR count). The van der Waals surface area contributed by atoms with Gasteiger partial charge in [0.15, 0.2) is 5.76 Å². The van der Waals surface area contributed by atoms with Crippen LogP contribution in [0.25, 0.3) is 11.5 Å². The van der Waals surface area contributed by atoms with Gasteiger partial charge < -0.3 is 4.42 Å². The standard InChI is InChI=1S/C17H23N3OS/c1-5-14(6-2)11-19-20-15(16-8-7-9-21-16)12-22-17(20)18-10-13(3)4/h7-9,11-12,14H,3,5-6,10H2,1-2,4H3. The molecule has 0 atom stereocenters. The second kappa shape index (κ2) is 7.94. The highest BCUT2D eigenvalue weighted by atomic mass is 32.1. The summed E-state index contributed by atoms with van der Waals surface area (Å²) in [5.74, 6) is 1.28. The molecule has 0 bridgehead atoms. The molecule has 0 radical (unpaired) electrons. The molecule has 0 aliphatic heterocycles. The maximum atomic E-state index is 5.51. The van der Waals surface area contributed by atoms with E-state index in [1.54, 1.807) is 17.6 Å². The zero-order chi connectivity index (χ0) is 15.9. The molecule has 0 aromatic carbocycles. The lowest BCUT2D eigenvalue weighted by Gasteiger charge is -2.05. The van der Waals surface area contributed by atoms with Gasteiger partial charge >= 0.3 is 0 Å². The minimum atomic E-state index is 0.478. The molecule has 0 aliphatic rings. The molecule has 22 heavy (non-hydrogen) atoms. The molecule has 0 saturated heterocycles. The SMILES string of the molecule is C=C(C)CN=c1scc(-c2ccco2)n1N=CC(CC)CC. The third kappa shape index (κ3) is 4.07. The van der Waals surface area contributed by atoms with E-state index in [0.29, 0.717) is 12.5 Å². The fraction of sp³-hybridized carbons (Fsp3) is 0.412. The van der Waals surface area contributed by atoms with Crippen molar-refractivity contribution >= 4 is 17.6 Å². The molecule has 4 nitrogen and oxygen atoms in total. The zero-order valence-electron chi connectivity index (χ0n) is 13.5. The van der Waals surface area contributed by atoms with Crippen molar-refractivity contribution in [1.29, 1.82) is 0 Å². The number of furan rings is 1. The Hall–Kier alpha value is -1.88. The lowest BCUT2D eigenvalue weighted by atomic mass is 10.1. The monoisotopic (exact) mass is 317 g/mol. The van der Waals surface area contributed by atoms with Crippen LogP contribution in [0.4, 0.5) is 0 Å². The summed E-state index contributed by atoms with van der Waals surface area (Å²) in [6.45, 7) is 10.8. The third-order valence-electron chi connectivity index (χ3n) is 3.38. The van der Waals surface area contributed by atoms with E-state index in [-0.39, 0.29) is 0 Å². The van der Waals surface area contributed by atoms with E-state index in [4.69, 9.17) is 4.42 Å². The van der Waals surface area contributed by atoms with E-state index in [0.717, 1.165) is 34.7 Å². The van der Waals surface area contributed by atoms with Gasteiger partial charge in [-0.3, -0.25) is 4.99 Å².